The van der Waals surface area contributed by atoms with E-state index in [0.29, 0.717) is 17.3 Å². The lowest BCUT2D eigenvalue weighted by Gasteiger charge is -2.21. The van der Waals surface area contributed by atoms with Crippen molar-refractivity contribution in [3.63, 3.8) is 0 Å². The second kappa shape index (κ2) is 8.27. The summed E-state index contributed by atoms with van der Waals surface area (Å²) in [5.41, 5.74) is 0.802. The fraction of sp³-hybridized carbons (Fsp3) is 0.412. The van der Waals surface area contributed by atoms with E-state index in [1.807, 2.05) is 19.9 Å². The minimum absolute atomic E-state index is 0.106. The summed E-state index contributed by atoms with van der Waals surface area (Å²) in [6.45, 7) is 3.21. The van der Waals surface area contributed by atoms with Gasteiger partial charge >= 0.3 is 11.9 Å². The number of para-hydroxylation sites is 1. The first-order chi connectivity index (χ1) is 12.0. The number of aromatic nitrogens is 2. The van der Waals surface area contributed by atoms with Crippen LogP contribution >= 0.6 is 0 Å². The van der Waals surface area contributed by atoms with Crippen molar-refractivity contribution < 1.29 is 23.9 Å². The topological polar surface area (TPSA) is 110 Å². The van der Waals surface area contributed by atoms with Crippen molar-refractivity contribution in [2.45, 2.75) is 26.3 Å². The number of rotatable bonds is 7. The summed E-state index contributed by atoms with van der Waals surface area (Å²) >= 11 is 0. The molecule has 2 aromatic rings. The number of amides is 1. The third kappa shape index (κ3) is 4.34. The van der Waals surface area contributed by atoms with Gasteiger partial charge < -0.3 is 14.8 Å². The number of esters is 2. The molecule has 0 aliphatic rings. The smallest absolute Gasteiger partial charge is 0.359 e. The highest BCUT2D eigenvalue weighted by atomic mass is 16.5. The lowest BCUT2D eigenvalue weighted by Crippen LogP contribution is -2.47. The molecule has 0 radical (unpaired) electrons. The quantitative estimate of drug-likeness (QED) is 0.733. The SMILES string of the molecule is CC[C@H](C)[C@@H](NC(=O)COC(=O)c1n[nH]c2ccccc12)C(=O)OC. The van der Waals surface area contributed by atoms with E-state index in [2.05, 4.69) is 15.5 Å². The molecule has 1 aromatic heterocycles. The monoisotopic (exact) mass is 347 g/mol. The lowest BCUT2D eigenvalue weighted by molar-refractivity contribution is -0.147. The molecule has 0 bridgehead atoms. The molecule has 1 amide bonds. The van der Waals surface area contributed by atoms with Crippen LogP contribution in [0.25, 0.3) is 10.9 Å². The maximum Gasteiger partial charge on any atom is 0.359 e. The number of nitrogens with one attached hydrogen (secondary N) is 2. The molecule has 0 saturated heterocycles. The third-order valence-corrected chi connectivity index (χ3v) is 3.98. The maximum absolute atomic E-state index is 12.1. The average Bonchev–Trinajstić information content (AvgIpc) is 3.07. The number of nitrogens with zero attached hydrogens (tertiary/aromatic N) is 1. The van der Waals surface area contributed by atoms with Crippen LogP contribution in [0.5, 0.6) is 0 Å². The molecule has 2 atom stereocenters. The largest absolute Gasteiger partial charge is 0.467 e. The molecule has 8 heteroatoms. The minimum atomic E-state index is -0.785. The minimum Gasteiger partial charge on any atom is -0.467 e. The highest BCUT2D eigenvalue weighted by Gasteiger charge is 2.27. The molecule has 0 aliphatic heterocycles. The van der Waals surface area contributed by atoms with Gasteiger partial charge in [-0.15, -0.1) is 0 Å². The number of hydrogen-bond acceptors (Lipinski definition) is 6. The molecule has 134 valence electrons. The number of H-pyrrole nitrogens is 1. The number of carbonyl (C=O) groups is 3. The van der Waals surface area contributed by atoms with Crippen LogP contribution in [-0.4, -0.2) is 47.8 Å². The number of benzene rings is 1. The van der Waals surface area contributed by atoms with E-state index in [-0.39, 0.29) is 11.6 Å². The second-order valence-electron chi connectivity index (χ2n) is 5.65. The number of aromatic amines is 1. The van der Waals surface area contributed by atoms with Gasteiger partial charge in [-0.25, -0.2) is 9.59 Å². The molecular weight excluding hydrogens is 326 g/mol. The van der Waals surface area contributed by atoms with Crippen molar-refractivity contribution in [1.82, 2.24) is 15.5 Å². The summed E-state index contributed by atoms with van der Waals surface area (Å²) < 4.78 is 9.69. The maximum atomic E-state index is 12.1. The van der Waals surface area contributed by atoms with Gasteiger partial charge in [-0.2, -0.15) is 5.10 Å². The van der Waals surface area contributed by atoms with Crippen LogP contribution in [-0.2, 0) is 19.1 Å². The Morgan fingerprint density at radius 3 is 2.68 bits per heavy atom. The normalized spacial score (nSPS) is 13.1. The van der Waals surface area contributed by atoms with E-state index in [1.54, 1.807) is 18.2 Å². The van der Waals surface area contributed by atoms with Crippen molar-refractivity contribution >= 4 is 28.7 Å². The van der Waals surface area contributed by atoms with Crippen molar-refractivity contribution in [2.75, 3.05) is 13.7 Å². The number of fused-ring (bicyclic) bond motifs is 1. The van der Waals surface area contributed by atoms with Gasteiger partial charge in [0.1, 0.15) is 6.04 Å². The van der Waals surface area contributed by atoms with Gasteiger partial charge in [0, 0.05) is 5.39 Å². The fourth-order valence-corrected chi connectivity index (χ4v) is 2.33. The van der Waals surface area contributed by atoms with E-state index in [0.717, 1.165) is 0 Å². The van der Waals surface area contributed by atoms with Gasteiger partial charge in [0.15, 0.2) is 12.3 Å². The first-order valence-corrected chi connectivity index (χ1v) is 7.95. The second-order valence-corrected chi connectivity index (χ2v) is 5.65. The average molecular weight is 347 g/mol. The summed E-state index contributed by atoms with van der Waals surface area (Å²) in [6.07, 6.45) is 0.680. The summed E-state index contributed by atoms with van der Waals surface area (Å²) in [7, 11) is 1.26. The van der Waals surface area contributed by atoms with Gasteiger partial charge in [-0.05, 0) is 12.0 Å². The Morgan fingerprint density at radius 1 is 1.28 bits per heavy atom. The number of ether oxygens (including phenoxy) is 2. The molecule has 0 fully saturated rings. The fourth-order valence-electron chi connectivity index (χ4n) is 2.33. The molecule has 0 unspecified atom stereocenters. The van der Waals surface area contributed by atoms with Gasteiger partial charge in [-0.3, -0.25) is 9.89 Å². The highest BCUT2D eigenvalue weighted by molar-refractivity contribution is 6.02. The first-order valence-electron chi connectivity index (χ1n) is 7.95. The Labute approximate surface area is 144 Å². The molecule has 0 spiro atoms. The molecule has 8 nitrogen and oxygen atoms in total. The zero-order chi connectivity index (χ0) is 18.4. The third-order valence-electron chi connectivity index (χ3n) is 3.98. The molecule has 2 rings (SSSR count). The van der Waals surface area contributed by atoms with Crippen LogP contribution in [0, 0.1) is 5.92 Å². The highest BCUT2D eigenvalue weighted by Crippen LogP contribution is 2.15. The van der Waals surface area contributed by atoms with E-state index in [4.69, 9.17) is 9.47 Å². The molecule has 0 saturated carbocycles. The molecule has 1 heterocycles. The van der Waals surface area contributed by atoms with E-state index >= 15 is 0 Å². The Hall–Kier alpha value is -2.90. The summed E-state index contributed by atoms with van der Waals surface area (Å²) in [4.78, 5) is 35.9. The van der Waals surface area contributed by atoms with Gasteiger partial charge in [0.2, 0.25) is 0 Å². The van der Waals surface area contributed by atoms with E-state index in [9.17, 15) is 14.4 Å². The molecular formula is C17H21N3O5. The molecule has 2 N–H and O–H groups in total. The molecule has 1 aromatic carbocycles. The Balaban J connectivity index is 1.96. The predicted molar refractivity (Wildman–Crippen MR) is 89.8 cm³/mol. The van der Waals surface area contributed by atoms with Gasteiger partial charge in [-0.1, -0.05) is 38.5 Å². The van der Waals surface area contributed by atoms with Crippen LogP contribution in [0.15, 0.2) is 24.3 Å². The van der Waals surface area contributed by atoms with Crippen molar-refractivity contribution in [3.8, 4) is 0 Å². The van der Waals surface area contributed by atoms with Crippen molar-refractivity contribution in [2.24, 2.45) is 5.92 Å². The zero-order valence-corrected chi connectivity index (χ0v) is 14.4. The van der Waals surface area contributed by atoms with E-state index < -0.39 is 30.5 Å². The Bertz CT molecular complexity index is 770. The van der Waals surface area contributed by atoms with Crippen molar-refractivity contribution in [3.05, 3.63) is 30.0 Å². The van der Waals surface area contributed by atoms with Crippen LogP contribution in [0.3, 0.4) is 0 Å². The van der Waals surface area contributed by atoms with Gasteiger partial charge in [0.25, 0.3) is 5.91 Å². The summed E-state index contributed by atoms with van der Waals surface area (Å²) in [6, 6.07) is 6.30. The standard InChI is InChI=1S/C17H21N3O5/c1-4-10(2)14(16(22)24-3)18-13(21)9-25-17(23)15-11-7-5-6-8-12(11)19-20-15/h5-8,10,14H,4,9H2,1-3H3,(H,18,21)(H,19,20)/t10-,14+/m0/s1. The number of methoxy groups -OCH3 is 1. The van der Waals surface area contributed by atoms with Crippen molar-refractivity contribution in [1.29, 1.82) is 0 Å². The van der Waals surface area contributed by atoms with Crippen LogP contribution in [0.1, 0.15) is 30.8 Å². The Morgan fingerprint density at radius 2 is 2.00 bits per heavy atom. The van der Waals surface area contributed by atoms with Crippen LogP contribution in [0.2, 0.25) is 0 Å². The predicted octanol–water partition coefficient (Wildman–Crippen LogP) is 1.42. The first kappa shape index (κ1) is 18.4. The van der Waals surface area contributed by atoms with Crippen LogP contribution < -0.4 is 5.32 Å². The number of carbonyl (C=O) groups excluding carboxylic acids is 3. The summed E-state index contributed by atoms with van der Waals surface area (Å²) in [5, 5.41) is 9.78. The number of hydrogen-bond donors (Lipinski definition) is 2. The summed E-state index contributed by atoms with van der Waals surface area (Å²) in [5.74, 6) is -1.94. The van der Waals surface area contributed by atoms with Gasteiger partial charge in [0.05, 0.1) is 12.6 Å². The van der Waals surface area contributed by atoms with E-state index in [1.165, 1.54) is 7.11 Å². The lowest BCUT2D eigenvalue weighted by atomic mass is 9.99. The molecule has 25 heavy (non-hydrogen) atoms. The Kier molecular flexibility index (Phi) is 6.10. The molecule has 0 aliphatic carbocycles. The zero-order valence-electron chi connectivity index (χ0n) is 14.4. The van der Waals surface area contributed by atoms with Crippen LogP contribution in [0.4, 0.5) is 0 Å².